The fraction of sp³-hybridized carbons (Fsp3) is 0.310. The van der Waals surface area contributed by atoms with Crippen LogP contribution in [-0.4, -0.2) is 35.9 Å². The van der Waals surface area contributed by atoms with E-state index in [4.69, 9.17) is 27.9 Å². The van der Waals surface area contributed by atoms with E-state index in [1.807, 2.05) is 63.2 Å². The molecule has 196 valence electrons. The molecule has 2 amide bonds. The van der Waals surface area contributed by atoms with Gasteiger partial charge in [-0.1, -0.05) is 89.4 Å². The van der Waals surface area contributed by atoms with Crippen LogP contribution in [0.15, 0.2) is 71.2 Å². The lowest BCUT2D eigenvalue weighted by Crippen LogP contribution is -2.52. The molecule has 3 rings (SSSR count). The molecule has 8 heteroatoms. The Kier molecular flexibility index (Phi) is 10.9. The molecule has 0 aliphatic rings. The van der Waals surface area contributed by atoms with Crippen LogP contribution in [0, 0.1) is 12.8 Å². The summed E-state index contributed by atoms with van der Waals surface area (Å²) in [5, 5.41) is 3.85. The van der Waals surface area contributed by atoms with Gasteiger partial charge in [-0.15, -0.1) is 0 Å². The third kappa shape index (κ3) is 8.49. The van der Waals surface area contributed by atoms with Gasteiger partial charge in [0.2, 0.25) is 5.91 Å². The molecule has 37 heavy (non-hydrogen) atoms. The van der Waals surface area contributed by atoms with Crippen LogP contribution < -0.4 is 10.1 Å². The van der Waals surface area contributed by atoms with Gasteiger partial charge in [-0.2, -0.15) is 0 Å². The second-order valence-electron chi connectivity index (χ2n) is 9.27. The molecule has 3 aromatic carbocycles. The van der Waals surface area contributed by atoms with Crippen LogP contribution in [0.1, 0.15) is 30.5 Å². The molecule has 1 N–H and O–H groups in total. The van der Waals surface area contributed by atoms with Gasteiger partial charge in [0.1, 0.15) is 11.8 Å². The Balaban J connectivity index is 1.95. The Bertz CT molecular complexity index is 1200. The predicted octanol–water partition coefficient (Wildman–Crippen LogP) is 6.86. The molecule has 0 aliphatic carbocycles. The number of amides is 2. The van der Waals surface area contributed by atoms with Crippen molar-refractivity contribution < 1.29 is 14.3 Å². The first-order chi connectivity index (χ1) is 17.7. The smallest absolute Gasteiger partial charge is 0.261 e. The second-order valence-corrected chi connectivity index (χ2v) is 10.9. The maximum absolute atomic E-state index is 13.7. The molecule has 0 saturated heterocycles. The number of carbonyl (C=O) groups excluding carboxylic acids is 2. The second kappa shape index (κ2) is 13.8. The van der Waals surface area contributed by atoms with E-state index in [9.17, 15) is 9.59 Å². The standard InChI is InChI=1S/C29H31BrCl2N2O3/c1-19(2)16-33-29(36)27(15-21-8-5-4-6-9-21)34(17-23-25(31)10-7-11-26(23)32)28(35)18-37-22-12-13-24(30)20(3)14-22/h4-14,19,27H,15-18H2,1-3H3,(H,33,36). The summed E-state index contributed by atoms with van der Waals surface area (Å²) in [6, 6.07) is 19.5. The van der Waals surface area contributed by atoms with Crippen molar-refractivity contribution in [1.82, 2.24) is 10.2 Å². The van der Waals surface area contributed by atoms with Crippen molar-refractivity contribution in [3.05, 3.63) is 97.9 Å². The molecule has 0 spiro atoms. The quantitative estimate of drug-likeness (QED) is 0.260. The predicted molar refractivity (Wildman–Crippen MR) is 153 cm³/mol. The van der Waals surface area contributed by atoms with Crippen LogP contribution in [0.5, 0.6) is 5.75 Å². The number of carbonyl (C=O) groups is 2. The normalized spacial score (nSPS) is 11.8. The van der Waals surface area contributed by atoms with Gasteiger partial charge in [0.05, 0.1) is 0 Å². The van der Waals surface area contributed by atoms with E-state index in [0.717, 1.165) is 15.6 Å². The molecule has 3 aromatic rings. The Morgan fingerprint density at radius 2 is 1.68 bits per heavy atom. The number of hydrogen-bond donors (Lipinski definition) is 1. The van der Waals surface area contributed by atoms with E-state index in [1.54, 1.807) is 24.3 Å². The Morgan fingerprint density at radius 1 is 1.00 bits per heavy atom. The van der Waals surface area contributed by atoms with Gasteiger partial charge in [-0.3, -0.25) is 9.59 Å². The highest BCUT2D eigenvalue weighted by Crippen LogP contribution is 2.28. The first kappa shape index (κ1) is 29.0. The summed E-state index contributed by atoms with van der Waals surface area (Å²) < 4.78 is 6.80. The van der Waals surface area contributed by atoms with Gasteiger partial charge < -0.3 is 15.0 Å². The molecule has 0 aromatic heterocycles. The number of nitrogens with one attached hydrogen (secondary N) is 1. The summed E-state index contributed by atoms with van der Waals surface area (Å²) >= 11 is 16.4. The van der Waals surface area contributed by atoms with Crippen LogP contribution in [0.4, 0.5) is 0 Å². The number of ether oxygens (including phenoxy) is 1. The number of nitrogens with zero attached hydrogens (tertiary/aromatic N) is 1. The largest absolute Gasteiger partial charge is 0.484 e. The zero-order valence-electron chi connectivity index (χ0n) is 21.1. The Hall–Kier alpha value is -2.54. The molecule has 0 fully saturated rings. The summed E-state index contributed by atoms with van der Waals surface area (Å²) in [5.41, 5.74) is 2.49. The minimum absolute atomic E-state index is 0.0622. The van der Waals surface area contributed by atoms with Crippen LogP contribution in [0.2, 0.25) is 10.0 Å². The lowest BCUT2D eigenvalue weighted by Gasteiger charge is -2.32. The summed E-state index contributed by atoms with van der Waals surface area (Å²) in [5.74, 6) is 0.229. The molecule has 0 bridgehead atoms. The zero-order chi connectivity index (χ0) is 26.9. The van der Waals surface area contributed by atoms with Gasteiger partial charge >= 0.3 is 0 Å². The lowest BCUT2D eigenvalue weighted by molar-refractivity contribution is -0.142. The van der Waals surface area contributed by atoms with E-state index in [0.29, 0.717) is 34.3 Å². The van der Waals surface area contributed by atoms with E-state index in [1.165, 1.54) is 4.90 Å². The summed E-state index contributed by atoms with van der Waals surface area (Å²) in [6.45, 7) is 6.30. The van der Waals surface area contributed by atoms with Crippen molar-refractivity contribution in [2.24, 2.45) is 5.92 Å². The van der Waals surface area contributed by atoms with Crippen molar-refractivity contribution in [2.75, 3.05) is 13.2 Å². The number of rotatable bonds is 11. The van der Waals surface area contributed by atoms with Crippen LogP contribution in [0.3, 0.4) is 0 Å². The first-order valence-electron chi connectivity index (χ1n) is 12.1. The summed E-state index contributed by atoms with van der Waals surface area (Å²) in [7, 11) is 0. The van der Waals surface area contributed by atoms with Crippen molar-refractivity contribution in [2.45, 2.75) is 39.8 Å². The van der Waals surface area contributed by atoms with Crippen LogP contribution >= 0.6 is 39.1 Å². The fourth-order valence-electron chi connectivity index (χ4n) is 3.77. The molecule has 5 nitrogen and oxygen atoms in total. The summed E-state index contributed by atoms with van der Waals surface area (Å²) in [6.07, 6.45) is 0.329. The third-order valence-corrected chi connectivity index (χ3v) is 7.44. The van der Waals surface area contributed by atoms with Crippen molar-refractivity contribution in [3.63, 3.8) is 0 Å². The Morgan fingerprint density at radius 3 is 2.30 bits per heavy atom. The van der Waals surface area contributed by atoms with Gasteiger partial charge in [0, 0.05) is 39.6 Å². The monoisotopic (exact) mass is 604 g/mol. The number of aryl methyl sites for hydroxylation is 1. The number of hydrogen-bond acceptors (Lipinski definition) is 3. The van der Waals surface area contributed by atoms with Crippen molar-refractivity contribution in [3.8, 4) is 5.75 Å². The molecule has 1 atom stereocenters. The highest BCUT2D eigenvalue weighted by Gasteiger charge is 2.31. The molecule has 1 unspecified atom stereocenters. The molecule has 0 radical (unpaired) electrons. The highest BCUT2D eigenvalue weighted by molar-refractivity contribution is 9.10. The topological polar surface area (TPSA) is 58.6 Å². The average Bonchev–Trinajstić information content (AvgIpc) is 2.87. The Labute approximate surface area is 237 Å². The molecule has 0 saturated carbocycles. The number of halogens is 3. The van der Waals surface area contributed by atoms with Crippen LogP contribution in [0.25, 0.3) is 0 Å². The highest BCUT2D eigenvalue weighted by atomic mass is 79.9. The minimum Gasteiger partial charge on any atom is -0.484 e. The number of benzene rings is 3. The van der Waals surface area contributed by atoms with Gasteiger partial charge in [-0.25, -0.2) is 0 Å². The van der Waals surface area contributed by atoms with Crippen molar-refractivity contribution >= 4 is 50.9 Å². The average molecular weight is 606 g/mol. The van der Waals surface area contributed by atoms with E-state index < -0.39 is 6.04 Å². The third-order valence-electron chi connectivity index (χ3n) is 5.84. The minimum atomic E-state index is -0.795. The maximum atomic E-state index is 13.7. The van der Waals surface area contributed by atoms with Crippen molar-refractivity contribution in [1.29, 1.82) is 0 Å². The molecule has 0 heterocycles. The van der Waals surface area contributed by atoms with E-state index >= 15 is 0 Å². The fourth-order valence-corrected chi connectivity index (χ4v) is 4.53. The van der Waals surface area contributed by atoms with Gasteiger partial charge in [0.15, 0.2) is 6.61 Å². The molecular formula is C29H31BrCl2N2O3. The lowest BCUT2D eigenvalue weighted by atomic mass is 10.0. The summed E-state index contributed by atoms with van der Waals surface area (Å²) in [4.78, 5) is 28.7. The first-order valence-corrected chi connectivity index (χ1v) is 13.6. The van der Waals surface area contributed by atoms with E-state index in [-0.39, 0.29) is 30.9 Å². The maximum Gasteiger partial charge on any atom is 0.261 e. The van der Waals surface area contributed by atoms with Crippen LogP contribution in [-0.2, 0) is 22.6 Å². The zero-order valence-corrected chi connectivity index (χ0v) is 24.2. The molecule has 0 aliphatic heterocycles. The van der Waals surface area contributed by atoms with Gasteiger partial charge in [0.25, 0.3) is 5.91 Å². The van der Waals surface area contributed by atoms with Gasteiger partial charge in [-0.05, 0) is 54.3 Å². The van der Waals surface area contributed by atoms with E-state index in [2.05, 4.69) is 21.2 Å². The SMILES string of the molecule is Cc1cc(OCC(=O)N(Cc2c(Cl)cccc2Cl)C(Cc2ccccc2)C(=O)NCC(C)C)ccc1Br. The molecular weight excluding hydrogens is 575 g/mol.